The lowest BCUT2D eigenvalue weighted by Crippen LogP contribution is -2.34. The van der Waals surface area contributed by atoms with Gasteiger partial charge in [-0.3, -0.25) is 9.98 Å². The van der Waals surface area contributed by atoms with Crippen molar-refractivity contribution in [3.05, 3.63) is 97.7 Å². The van der Waals surface area contributed by atoms with Crippen LogP contribution in [0.3, 0.4) is 0 Å². The van der Waals surface area contributed by atoms with Gasteiger partial charge < -0.3 is 14.4 Å². The van der Waals surface area contributed by atoms with E-state index in [4.69, 9.17) is 10.1 Å². The van der Waals surface area contributed by atoms with Crippen LogP contribution in [0.1, 0.15) is 12.5 Å². The number of hydrogen-bond donors (Lipinski definition) is 3. The summed E-state index contributed by atoms with van der Waals surface area (Å²) in [5.74, 6) is -1.19. The summed E-state index contributed by atoms with van der Waals surface area (Å²) in [5, 5.41) is 35.9. The molecule has 2 aromatic heterocycles. The number of nitrogens with one attached hydrogen (secondary N) is 2. The molecule has 198 valence electrons. The molecule has 0 unspecified atom stereocenters. The van der Waals surface area contributed by atoms with Crippen molar-refractivity contribution in [2.45, 2.75) is 20.4 Å². The van der Waals surface area contributed by atoms with Gasteiger partial charge in [-0.25, -0.2) is 10.2 Å². The summed E-state index contributed by atoms with van der Waals surface area (Å²) in [7, 11) is 0. The number of carbonyl (C=O) groups is 1. The van der Waals surface area contributed by atoms with Crippen LogP contribution in [0.5, 0.6) is 0 Å². The summed E-state index contributed by atoms with van der Waals surface area (Å²) in [6.07, 6.45) is 1.76. The Bertz CT molecular complexity index is 1800. The molecule has 2 heterocycles. The molecular weight excluding hydrogens is 532 g/mol. The summed E-state index contributed by atoms with van der Waals surface area (Å²) in [6, 6.07) is 18.9. The van der Waals surface area contributed by atoms with E-state index in [0.29, 0.717) is 17.0 Å². The molecule has 4 rings (SSSR count). The molecule has 0 aliphatic carbocycles. The standard InChI is InChI=1S/C28H26N6O3S2/c1-4-15-33-22(19-13-11-18(3)12-14-19)17-38-28(33)32-31-25(35)23-24(30)34(20-9-7-6-8-10-20)26(39-23)21(16-29)27(36)37-5-2/h4,6-14,17,30-31,35H,1,5,15H2,2-3H3/b25-23+,26-21-,30-24?,32-28-. The van der Waals surface area contributed by atoms with Gasteiger partial charge >= 0.3 is 5.97 Å². The van der Waals surface area contributed by atoms with Crippen molar-refractivity contribution in [2.75, 3.05) is 6.61 Å². The minimum atomic E-state index is -0.803. The second-order valence-electron chi connectivity index (χ2n) is 8.20. The van der Waals surface area contributed by atoms with Gasteiger partial charge in [-0.2, -0.15) is 5.26 Å². The van der Waals surface area contributed by atoms with E-state index in [-0.39, 0.29) is 26.9 Å². The Kier molecular flexibility index (Phi) is 8.60. The SMILES string of the molecule is C=CCn1c(-c2ccc(C)cc2)cs/c1=N\N/C(O)=c1\s/c(=C(/C#N)C(=O)OCC)n(-c2ccccc2)c1=N. The molecule has 2 aromatic carbocycles. The second kappa shape index (κ2) is 12.3. The van der Waals surface area contributed by atoms with Gasteiger partial charge in [0, 0.05) is 17.6 Å². The highest BCUT2D eigenvalue weighted by molar-refractivity contribution is 7.08. The highest BCUT2D eigenvalue weighted by atomic mass is 32.1. The molecule has 4 aromatic rings. The predicted octanol–water partition coefficient (Wildman–Crippen LogP) is 3.01. The fraction of sp³-hybridized carbons (Fsp3) is 0.143. The first kappa shape index (κ1) is 27.4. The zero-order valence-corrected chi connectivity index (χ0v) is 23.0. The summed E-state index contributed by atoms with van der Waals surface area (Å²) in [6.45, 7) is 8.11. The Morgan fingerprint density at radius 2 is 1.97 bits per heavy atom. The van der Waals surface area contributed by atoms with Crippen LogP contribution in [-0.2, 0) is 16.1 Å². The van der Waals surface area contributed by atoms with Crippen molar-refractivity contribution in [1.29, 1.82) is 10.7 Å². The minimum Gasteiger partial charge on any atom is -0.493 e. The Balaban J connectivity index is 1.88. The number of allylic oxidation sites excluding steroid dienone is 1. The average molecular weight is 559 g/mol. The van der Waals surface area contributed by atoms with Gasteiger partial charge in [-0.05, 0) is 31.5 Å². The van der Waals surface area contributed by atoms with Gasteiger partial charge in [0.05, 0.1) is 12.3 Å². The molecule has 0 saturated carbocycles. The highest BCUT2D eigenvalue weighted by Gasteiger charge is 2.18. The zero-order chi connectivity index (χ0) is 27.9. The van der Waals surface area contributed by atoms with Crippen LogP contribution in [0, 0.1) is 23.7 Å². The van der Waals surface area contributed by atoms with E-state index in [2.05, 4.69) is 17.1 Å². The van der Waals surface area contributed by atoms with Crippen LogP contribution in [0.25, 0.3) is 28.4 Å². The Hall–Kier alpha value is -4.66. The number of rotatable bonds is 8. The van der Waals surface area contributed by atoms with Gasteiger partial charge in [0.15, 0.2) is 11.1 Å². The maximum absolute atomic E-state index is 12.5. The quantitative estimate of drug-likeness (QED) is 0.174. The van der Waals surface area contributed by atoms with Gasteiger partial charge in [0.25, 0.3) is 0 Å². The molecule has 0 aliphatic heterocycles. The average Bonchev–Trinajstić information content (AvgIpc) is 3.49. The molecular formula is C28H26N6O3S2. The van der Waals surface area contributed by atoms with Crippen LogP contribution in [0.15, 0.2) is 77.7 Å². The van der Waals surface area contributed by atoms with Crippen LogP contribution in [0.4, 0.5) is 0 Å². The number of aryl methyl sites for hydroxylation is 1. The molecule has 0 aliphatic rings. The number of benzene rings is 2. The highest BCUT2D eigenvalue weighted by Crippen LogP contribution is 2.20. The third-order valence-corrected chi connectivity index (χ3v) is 7.62. The number of thiazole rings is 2. The third kappa shape index (κ3) is 5.77. The van der Waals surface area contributed by atoms with E-state index < -0.39 is 11.9 Å². The van der Waals surface area contributed by atoms with Crippen LogP contribution in [-0.4, -0.2) is 26.8 Å². The van der Waals surface area contributed by atoms with Gasteiger partial charge in [0.2, 0.25) is 10.7 Å². The number of ether oxygens (including phenoxy) is 1. The first-order chi connectivity index (χ1) is 18.9. The van der Waals surface area contributed by atoms with Gasteiger partial charge in [0.1, 0.15) is 15.3 Å². The number of nitrogens with zero attached hydrogens (tertiary/aromatic N) is 4. The molecule has 9 nitrogen and oxygen atoms in total. The normalized spacial score (nSPS) is 12.9. The predicted molar refractivity (Wildman–Crippen MR) is 152 cm³/mol. The van der Waals surface area contributed by atoms with E-state index in [1.54, 1.807) is 37.3 Å². The van der Waals surface area contributed by atoms with Crippen LogP contribution in [0.2, 0.25) is 0 Å². The largest absolute Gasteiger partial charge is 0.493 e. The van der Waals surface area contributed by atoms with Gasteiger partial charge in [-0.15, -0.1) is 34.4 Å². The van der Waals surface area contributed by atoms with E-state index in [1.165, 1.54) is 15.9 Å². The van der Waals surface area contributed by atoms with Gasteiger partial charge in [-0.1, -0.05) is 54.1 Å². The maximum atomic E-state index is 12.5. The van der Waals surface area contributed by atoms with Crippen LogP contribution >= 0.6 is 22.7 Å². The molecule has 0 bridgehead atoms. The zero-order valence-electron chi connectivity index (χ0n) is 21.3. The minimum absolute atomic E-state index is 0.0925. The first-order valence-electron chi connectivity index (χ1n) is 11.9. The van der Waals surface area contributed by atoms with Crippen molar-refractivity contribution < 1.29 is 14.6 Å². The number of nitriles is 1. The summed E-state index contributed by atoms with van der Waals surface area (Å²) in [5.41, 5.74) is 5.94. The molecule has 11 heteroatoms. The smallest absolute Gasteiger partial charge is 0.351 e. The maximum Gasteiger partial charge on any atom is 0.351 e. The van der Waals surface area contributed by atoms with E-state index >= 15 is 0 Å². The molecule has 0 amide bonds. The molecule has 0 spiro atoms. The van der Waals surface area contributed by atoms with Crippen LogP contribution < -0.4 is 24.9 Å². The Morgan fingerprint density at radius 1 is 1.26 bits per heavy atom. The molecule has 0 saturated heterocycles. The molecule has 0 atom stereocenters. The van der Waals surface area contributed by atoms with Crippen molar-refractivity contribution in [1.82, 2.24) is 14.6 Å². The first-order valence-corrected chi connectivity index (χ1v) is 13.6. The van der Waals surface area contributed by atoms with E-state index in [1.807, 2.05) is 53.3 Å². The molecule has 3 N–H and O–H groups in total. The summed E-state index contributed by atoms with van der Waals surface area (Å²) >= 11 is 2.30. The summed E-state index contributed by atoms with van der Waals surface area (Å²) < 4.78 is 8.69. The molecule has 39 heavy (non-hydrogen) atoms. The monoisotopic (exact) mass is 558 g/mol. The Morgan fingerprint density at radius 3 is 2.62 bits per heavy atom. The van der Waals surface area contributed by atoms with Crippen molar-refractivity contribution >= 4 is 40.1 Å². The lowest BCUT2D eigenvalue weighted by molar-refractivity contribution is -0.136. The van der Waals surface area contributed by atoms with E-state index in [9.17, 15) is 15.2 Å². The third-order valence-electron chi connectivity index (χ3n) is 5.59. The van der Waals surface area contributed by atoms with Crippen molar-refractivity contribution in [3.63, 3.8) is 0 Å². The van der Waals surface area contributed by atoms with Crippen molar-refractivity contribution in [3.8, 4) is 23.0 Å². The number of aliphatic hydroxyl groups is 1. The van der Waals surface area contributed by atoms with Crippen molar-refractivity contribution in [2.24, 2.45) is 5.10 Å². The molecule has 0 radical (unpaired) electrons. The number of para-hydroxylation sites is 1. The lowest BCUT2D eigenvalue weighted by Gasteiger charge is -2.07. The number of aliphatic hydroxyl groups excluding tert-OH is 1. The molecule has 0 fully saturated rings. The number of hydrogen-bond acceptors (Lipinski definition) is 9. The summed E-state index contributed by atoms with van der Waals surface area (Å²) in [4.78, 5) is 13.1. The second-order valence-corrected chi connectivity index (χ2v) is 10.0. The Labute approximate surface area is 232 Å². The fourth-order valence-electron chi connectivity index (χ4n) is 3.76. The topological polar surface area (TPSA) is 128 Å². The lowest BCUT2D eigenvalue weighted by atomic mass is 10.1. The number of esters is 1. The number of carbonyl (C=O) groups excluding carboxylic acids is 1. The van der Waals surface area contributed by atoms with E-state index in [0.717, 1.165) is 28.2 Å². The number of aromatic nitrogens is 2. The fourth-order valence-corrected chi connectivity index (χ4v) is 5.68.